The highest BCUT2D eigenvalue weighted by atomic mass is 19.4. The van der Waals surface area contributed by atoms with E-state index in [2.05, 4.69) is 16.5 Å². The Morgan fingerprint density at radius 2 is 1.69 bits per heavy atom. The Morgan fingerprint density at radius 1 is 0.956 bits per heavy atom. The van der Waals surface area contributed by atoms with Crippen molar-refractivity contribution in [2.75, 3.05) is 0 Å². The number of aliphatic hydroxyl groups excluding tert-OH is 1. The van der Waals surface area contributed by atoms with Gasteiger partial charge in [-0.15, -0.1) is 0 Å². The van der Waals surface area contributed by atoms with Gasteiger partial charge >= 0.3 is 6.18 Å². The number of fused-ring (bicyclic) bond motifs is 1. The summed E-state index contributed by atoms with van der Waals surface area (Å²) in [5.74, 6) is -2.39. The summed E-state index contributed by atoms with van der Waals surface area (Å²) in [6, 6.07) is 19.8. The summed E-state index contributed by atoms with van der Waals surface area (Å²) < 4.78 is 59.6. The summed E-state index contributed by atoms with van der Waals surface area (Å²) in [6.45, 7) is 8.99. The van der Waals surface area contributed by atoms with Crippen molar-refractivity contribution < 1.29 is 31.9 Å². The minimum atomic E-state index is -4.68. The summed E-state index contributed by atoms with van der Waals surface area (Å²) in [4.78, 5) is 23.9. The van der Waals surface area contributed by atoms with E-state index in [1.165, 1.54) is 23.2 Å². The molecule has 0 radical (unpaired) electrons. The number of furan rings is 1. The Labute approximate surface area is 257 Å². The zero-order valence-corrected chi connectivity index (χ0v) is 25.0. The molecule has 0 aliphatic rings. The lowest BCUT2D eigenvalue weighted by molar-refractivity contribution is -0.153. The molecular formula is C35H31F4N3O3. The van der Waals surface area contributed by atoms with Crippen LogP contribution in [0.3, 0.4) is 0 Å². The molecule has 5 aromatic rings. The fourth-order valence-electron chi connectivity index (χ4n) is 4.94. The predicted octanol–water partition coefficient (Wildman–Crippen LogP) is 8.80. The first-order valence-corrected chi connectivity index (χ1v) is 14.3. The van der Waals surface area contributed by atoms with Crippen LogP contribution in [0.25, 0.3) is 22.2 Å². The Morgan fingerprint density at radius 3 is 2.33 bits per heavy atom. The predicted molar refractivity (Wildman–Crippen MR) is 163 cm³/mol. The van der Waals surface area contributed by atoms with Gasteiger partial charge in [-0.3, -0.25) is 9.78 Å². The zero-order chi connectivity index (χ0) is 32.5. The average molecular weight is 618 g/mol. The van der Waals surface area contributed by atoms with E-state index < -0.39 is 29.1 Å². The lowest BCUT2D eigenvalue weighted by atomic mass is 9.82. The fraction of sp³-hybridized carbons (Fsp3) is 0.229. The molecule has 5 rings (SSSR count). The molecule has 0 aliphatic heterocycles. The number of pyridine rings is 2. The van der Waals surface area contributed by atoms with Crippen molar-refractivity contribution in [1.29, 1.82) is 0 Å². The van der Waals surface area contributed by atoms with Crippen LogP contribution in [0.2, 0.25) is 0 Å². The Bertz CT molecular complexity index is 1880. The maximum absolute atomic E-state index is 14.7. The molecule has 1 amide bonds. The van der Waals surface area contributed by atoms with Crippen molar-refractivity contribution in [3.8, 4) is 11.1 Å². The van der Waals surface area contributed by atoms with E-state index >= 15 is 0 Å². The van der Waals surface area contributed by atoms with E-state index in [4.69, 9.17) is 4.42 Å². The van der Waals surface area contributed by atoms with Crippen LogP contribution in [0.1, 0.15) is 59.5 Å². The molecule has 3 aromatic heterocycles. The first-order chi connectivity index (χ1) is 21.3. The number of nitrogens with zero attached hydrogens (tertiary/aromatic N) is 3. The first-order valence-electron chi connectivity index (χ1n) is 14.3. The SMILES string of the molecule is C=C(O)C(C)(C)c1cccc(-c2ccc(CN(Cc3ccc(C(F)(F)F)o3)C(=O)c3cc(CC)nc4c(F)ccnc34)cc2)c1. The van der Waals surface area contributed by atoms with Crippen molar-refractivity contribution in [1.82, 2.24) is 14.9 Å². The molecule has 0 bridgehead atoms. The van der Waals surface area contributed by atoms with Gasteiger partial charge in [0.2, 0.25) is 5.76 Å². The van der Waals surface area contributed by atoms with Gasteiger partial charge < -0.3 is 14.4 Å². The normalized spacial score (nSPS) is 12.0. The number of benzene rings is 2. The third-order valence-electron chi connectivity index (χ3n) is 7.83. The highest BCUT2D eigenvalue weighted by Gasteiger charge is 2.35. The third kappa shape index (κ3) is 6.60. The molecule has 0 fully saturated rings. The summed E-state index contributed by atoms with van der Waals surface area (Å²) >= 11 is 0. The van der Waals surface area contributed by atoms with Gasteiger partial charge in [-0.1, -0.05) is 62.0 Å². The first kappa shape index (κ1) is 31.4. The molecule has 232 valence electrons. The Hall–Kier alpha value is -4.99. The van der Waals surface area contributed by atoms with Gasteiger partial charge in [0.1, 0.15) is 16.8 Å². The van der Waals surface area contributed by atoms with Crippen molar-refractivity contribution >= 4 is 16.9 Å². The lowest BCUT2D eigenvalue weighted by Gasteiger charge is -2.24. The van der Waals surface area contributed by atoms with E-state index in [0.29, 0.717) is 17.7 Å². The fourth-order valence-corrected chi connectivity index (χ4v) is 4.94. The summed E-state index contributed by atoms with van der Waals surface area (Å²) in [5.41, 5.74) is 3.26. The van der Waals surface area contributed by atoms with E-state index in [0.717, 1.165) is 28.8 Å². The lowest BCUT2D eigenvalue weighted by Crippen LogP contribution is -2.30. The molecular weight excluding hydrogens is 586 g/mol. The van der Waals surface area contributed by atoms with E-state index in [1.807, 2.05) is 69.3 Å². The number of aromatic nitrogens is 2. The molecule has 0 spiro atoms. The van der Waals surface area contributed by atoms with Crippen LogP contribution in [0, 0.1) is 5.82 Å². The van der Waals surface area contributed by atoms with Crippen LogP contribution >= 0.6 is 0 Å². The number of alkyl halides is 3. The maximum atomic E-state index is 14.7. The number of hydrogen-bond donors (Lipinski definition) is 1. The number of carbonyl (C=O) groups excluding carboxylic acids is 1. The molecule has 3 heterocycles. The standard InChI is InChI=1S/C35H31F4N3O3/c1-5-26-18-28(31-32(41-26)29(36)15-16-40-31)33(44)42(20-27-13-14-30(45-27)35(37,38)39)19-22-9-11-23(12-10-22)24-7-6-8-25(17-24)34(3,4)21(2)43/h6-18,43H,2,5,19-20H2,1,3-4H3. The molecule has 0 saturated carbocycles. The van der Waals surface area contributed by atoms with E-state index in [-0.39, 0.29) is 41.2 Å². The number of allylic oxidation sites excluding steroid dienone is 1. The van der Waals surface area contributed by atoms with Crippen molar-refractivity contribution in [2.45, 2.75) is 51.9 Å². The largest absolute Gasteiger partial charge is 0.512 e. The van der Waals surface area contributed by atoms with Gasteiger partial charge in [-0.2, -0.15) is 13.2 Å². The van der Waals surface area contributed by atoms with Crippen molar-refractivity contribution in [3.63, 3.8) is 0 Å². The van der Waals surface area contributed by atoms with Gasteiger partial charge in [-0.25, -0.2) is 9.37 Å². The molecule has 0 unspecified atom stereocenters. The highest BCUT2D eigenvalue weighted by Crippen LogP contribution is 2.33. The van der Waals surface area contributed by atoms with Gasteiger partial charge in [0.05, 0.1) is 17.9 Å². The summed E-state index contributed by atoms with van der Waals surface area (Å²) in [5, 5.41) is 10.1. The van der Waals surface area contributed by atoms with Gasteiger partial charge in [-0.05, 0) is 66.8 Å². The summed E-state index contributed by atoms with van der Waals surface area (Å²) in [6.07, 6.45) is -3.03. The molecule has 10 heteroatoms. The van der Waals surface area contributed by atoms with Crippen molar-refractivity contribution in [2.24, 2.45) is 0 Å². The van der Waals surface area contributed by atoms with Crippen LogP contribution < -0.4 is 0 Å². The minimum Gasteiger partial charge on any atom is -0.512 e. The second kappa shape index (κ2) is 12.2. The van der Waals surface area contributed by atoms with Crippen LogP contribution in [-0.2, 0) is 31.1 Å². The average Bonchev–Trinajstić information content (AvgIpc) is 3.50. The Kier molecular flexibility index (Phi) is 8.51. The number of halogens is 4. The molecule has 45 heavy (non-hydrogen) atoms. The monoisotopic (exact) mass is 617 g/mol. The molecule has 0 atom stereocenters. The van der Waals surface area contributed by atoms with Gasteiger partial charge in [0.15, 0.2) is 5.82 Å². The van der Waals surface area contributed by atoms with Crippen LogP contribution in [0.15, 0.2) is 95.7 Å². The molecule has 0 saturated heterocycles. The number of amides is 1. The smallest absolute Gasteiger partial charge is 0.449 e. The zero-order valence-electron chi connectivity index (χ0n) is 25.0. The number of aliphatic hydroxyl groups is 1. The topological polar surface area (TPSA) is 79.5 Å². The van der Waals surface area contributed by atoms with Crippen LogP contribution in [0.4, 0.5) is 17.6 Å². The maximum Gasteiger partial charge on any atom is 0.449 e. The van der Waals surface area contributed by atoms with Gasteiger partial charge in [0, 0.05) is 23.9 Å². The highest BCUT2D eigenvalue weighted by molar-refractivity contribution is 6.04. The Balaban J connectivity index is 1.50. The molecule has 1 N–H and O–H groups in total. The second-order valence-corrected chi connectivity index (χ2v) is 11.3. The number of aryl methyl sites for hydroxylation is 1. The molecule has 0 aliphatic carbocycles. The quantitative estimate of drug-likeness (QED) is 0.132. The minimum absolute atomic E-state index is 0.0131. The number of rotatable bonds is 9. The van der Waals surface area contributed by atoms with E-state index in [1.54, 1.807) is 0 Å². The van der Waals surface area contributed by atoms with Crippen molar-refractivity contribution in [3.05, 3.63) is 131 Å². The second-order valence-electron chi connectivity index (χ2n) is 11.3. The van der Waals surface area contributed by atoms with Crippen LogP contribution in [-0.4, -0.2) is 25.9 Å². The molecule has 6 nitrogen and oxygen atoms in total. The van der Waals surface area contributed by atoms with Crippen LogP contribution in [0.5, 0.6) is 0 Å². The third-order valence-corrected chi connectivity index (χ3v) is 7.83. The molecule has 2 aromatic carbocycles. The van der Waals surface area contributed by atoms with Gasteiger partial charge in [0.25, 0.3) is 5.91 Å². The summed E-state index contributed by atoms with van der Waals surface area (Å²) in [7, 11) is 0. The van der Waals surface area contributed by atoms with E-state index in [9.17, 15) is 27.5 Å². The number of carbonyl (C=O) groups is 1. The number of hydrogen-bond acceptors (Lipinski definition) is 5.